The first kappa shape index (κ1) is 19.4. The van der Waals surface area contributed by atoms with Crippen LogP contribution in [0.15, 0.2) is 42.5 Å². The Morgan fingerprint density at radius 3 is 2.83 bits per heavy atom. The van der Waals surface area contributed by atoms with E-state index >= 15 is 0 Å². The lowest BCUT2D eigenvalue weighted by atomic mass is 10.2. The normalized spacial score (nSPS) is 17.9. The molecule has 2 heterocycles. The predicted molar refractivity (Wildman–Crippen MR) is 111 cm³/mol. The minimum absolute atomic E-state index is 0.0800. The number of rotatable bonds is 4. The van der Waals surface area contributed by atoms with Crippen molar-refractivity contribution in [1.29, 1.82) is 0 Å². The van der Waals surface area contributed by atoms with Gasteiger partial charge in [0, 0.05) is 25.7 Å². The Labute approximate surface area is 174 Å². The summed E-state index contributed by atoms with van der Waals surface area (Å²) < 4.78 is 11.6. The molecule has 2 aromatic carbocycles. The zero-order valence-electron chi connectivity index (χ0n) is 16.1. The molecule has 0 bridgehead atoms. The number of halogens is 1. The van der Waals surface area contributed by atoms with Crippen LogP contribution in [-0.4, -0.2) is 49.7 Å². The smallest absolute Gasteiger partial charge is 0.321 e. The van der Waals surface area contributed by atoms with Crippen LogP contribution in [0.5, 0.6) is 11.5 Å². The number of fused-ring (bicyclic) bond motifs is 1. The van der Waals surface area contributed by atoms with E-state index in [1.807, 2.05) is 24.3 Å². The number of nitrogens with one attached hydrogen (secondary N) is 1. The number of likely N-dealkylation sites (N-methyl/N-ethyl adjacent to an activating group) is 1. The van der Waals surface area contributed by atoms with Crippen molar-refractivity contribution >= 4 is 34.9 Å². The zero-order valence-corrected chi connectivity index (χ0v) is 16.8. The molecule has 3 amide bonds. The lowest BCUT2D eigenvalue weighted by Gasteiger charge is -2.29. The van der Waals surface area contributed by atoms with Crippen LogP contribution in [0.1, 0.15) is 12.8 Å². The second kappa shape index (κ2) is 8.21. The molecule has 1 saturated heterocycles. The Morgan fingerprint density at radius 2 is 2.07 bits per heavy atom. The molecule has 8 heteroatoms. The van der Waals surface area contributed by atoms with E-state index < -0.39 is 0 Å². The molecule has 2 aliphatic rings. The van der Waals surface area contributed by atoms with Crippen molar-refractivity contribution in [1.82, 2.24) is 4.90 Å². The standard InChI is InChI=1S/C21H22ClN3O4/c1-24(12-15-13-28-18-5-2-3-6-19(18)29-15)21(27)23-17-11-14(8-9-16(17)22)25-10-4-7-20(25)26/h2-3,5-6,8-9,11,15H,4,7,10,12-13H2,1H3,(H,23,27). The number of carbonyl (C=O) groups excluding carboxylic acids is 2. The number of nitrogens with zero attached hydrogens (tertiary/aromatic N) is 2. The van der Waals surface area contributed by atoms with Crippen LogP contribution in [-0.2, 0) is 4.79 Å². The number of carbonyl (C=O) groups is 2. The molecule has 0 radical (unpaired) electrons. The Bertz CT molecular complexity index is 936. The van der Waals surface area contributed by atoms with Crippen molar-refractivity contribution in [2.24, 2.45) is 0 Å². The average molecular weight is 416 g/mol. The molecule has 152 valence electrons. The van der Waals surface area contributed by atoms with Crippen LogP contribution in [0.2, 0.25) is 5.02 Å². The summed E-state index contributed by atoms with van der Waals surface area (Å²) >= 11 is 6.25. The maximum absolute atomic E-state index is 12.7. The number of urea groups is 1. The minimum atomic E-state index is -0.320. The van der Waals surface area contributed by atoms with Gasteiger partial charge in [-0.3, -0.25) is 4.79 Å². The van der Waals surface area contributed by atoms with E-state index in [4.69, 9.17) is 21.1 Å². The molecule has 0 aliphatic carbocycles. The number of hydrogen-bond acceptors (Lipinski definition) is 4. The Hall–Kier alpha value is -2.93. The van der Waals surface area contributed by atoms with Crippen molar-refractivity contribution in [3.8, 4) is 11.5 Å². The highest BCUT2D eigenvalue weighted by atomic mass is 35.5. The van der Waals surface area contributed by atoms with E-state index in [1.54, 1.807) is 30.1 Å². The Kier molecular flexibility index (Phi) is 5.49. The lowest BCUT2D eigenvalue weighted by molar-refractivity contribution is -0.117. The topological polar surface area (TPSA) is 71.1 Å². The summed E-state index contributed by atoms with van der Waals surface area (Å²) in [5.41, 5.74) is 1.20. The fraction of sp³-hybridized carbons (Fsp3) is 0.333. The maximum Gasteiger partial charge on any atom is 0.321 e. The van der Waals surface area contributed by atoms with Crippen LogP contribution in [0.25, 0.3) is 0 Å². The molecule has 29 heavy (non-hydrogen) atoms. The third-order valence-corrected chi connectivity index (χ3v) is 5.30. The highest BCUT2D eigenvalue weighted by Crippen LogP contribution is 2.32. The third kappa shape index (κ3) is 4.24. The first-order valence-electron chi connectivity index (χ1n) is 9.52. The van der Waals surface area contributed by atoms with Gasteiger partial charge >= 0.3 is 6.03 Å². The molecule has 2 aromatic rings. The van der Waals surface area contributed by atoms with Gasteiger partial charge in [-0.1, -0.05) is 23.7 Å². The minimum Gasteiger partial charge on any atom is -0.486 e. The van der Waals surface area contributed by atoms with E-state index in [0.717, 1.165) is 12.1 Å². The number of amides is 3. The molecule has 1 atom stereocenters. The van der Waals surface area contributed by atoms with Crippen LogP contribution < -0.4 is 19.7 Å². The quantitative estimate of drug-likeness (QED) is 0.825. The second-order valence-corrected chi connectivity index (χ2v) is 7.53. The van der Waals surface area contributed by atoms with Crippen molar-refractivity contribution < 1.29 is 19.1 Å². The first-order chi connectivity index (χ1) is 14.0. The molecule has 1 fully saturated rings. The van der Waals surface area contributed by atoms with Crippen molar-refractivity contribution in [2.75, 3.05) is 37.0 Å². The molecular formula is C21H22ClN3O4. The van der Waals surface area contributed by atoms with Crippen LogP contribution in [0.3, 0.4) is 0 Å². The van der Waals surface area contributed by atoms with Gasteiger partial charge in [0.1, 0.15) is 6.61 Å². The summed E-state index contributed by atoms with van der Waals surface area (Å²) in [5.74, 6) is 1.45. The molecular weight excluding hydrogens is 394 g/mol. The summed E-state index contributed by atoms with van der Waals surface area (Å²) in [6.07, 6.45) is 1.10. The molecule has 7 nitrogen and oxygen atoms in total. The number of benzene rings is 2. The van der Waals surface area contributed by atoms with Crippen molar-refractivity contribution in [3.05, 3.63) is 47.5 Å². The van der Waals surface area contributed by atoms with E-state index in [9.17, 15) is 9.59 Å². The number of ether oxygens (including phenoxy) is 2. The summed E-state index contributed by atoms with van der Waals surface area (Å²) in [6, 6.07) is 12.3. The third-order valence-electron chi connectivity index (χ3n) is 4.97. The van der Waals surface area contributed by atoms with Gasteiger partial charge in [0.05, 0.1) is 17.3 Å². The molecule has 1 N–H and O–H groups in total. The van der Waals surface area contributed by atoms with Gasteiger partial charge in [-0.15, -0.1) is 0 Å². The van der Waals surface area contributed by atoms with Gasteiger partial charge in [-0.05, 0) is 36.8 Å². The fourth-order valence-corrected chi connectivity index (χ4v) is 3.61. The molecule has 0 spiro atoms. The number of hydrogen-bond donors (Lipinski definition) is 1. The van der Waals surface area contributed by atoms with Gasteiger partial charge in [0.2, 0.25) is 5.91 Å². The fourth-order valence-electron chi connectivity index (χ4n) is 3.45. The van der Waals surface area contributed by atoms with E-state index in [0.29, 0.717) is 48.3 Å². The second-order valence-electron chi connectivity index (χ2n) is 7.12. The zero-order chi connectivity index (χ0) is 20.4. The summed E-state index contributed by atoms with van der Waals surface area (Å²) in [7, 11) is 1.68. The van der Waals surface area contributed by atoms with Crippen LogP contribution in [0.4, 0.5) is 16.2 Å². The highest BCUT2D eigenvalue weighted by Gasteiger charge is 2.25. The predicted octanol–water partition coefficient (Wildman–Crippen LogP) is 3.77. The van der Waals surface area contributed by atoms with Gasteiger partial charge in [-0.25, -0.2) is 4.79 Å². The molecule has 0 aromatic heterocycles. The summed E-state index contributed by atoms with van der Waals surface area (Å²) in [6.45, 7) is 1.39. The molecule has 2 aliphatic heterocycles. The number of anilines is 2. The molecule has 1 unspecified atom stereocenters. The summed E-state index contributed by atoms with van der Waals surface area (Å²) in [5, 5.41) is 3.23. The highest BCUT2D eigenvalue weighted by molar-refractivity contribution is 6.33. The summed E-state index contributed by atoms with van der Waals surface area (Å²) in [4.78, 5) is 27.9. The molecule has 0 saturated carbocycles. The van der Waals surface area contributed by atoms with Crippen molar-refractivity contribution in [2.45, 2.75) is 18.9 Å². The molecule has 4 rings (SSSR count). The average Bonchev–Trinajstić information content (AvgIpc) is 3.15. The Morgan fingerprint density at radius 1 is 1.28 bits per heavy atom. The maximum atomic E-state index is 12.7. The largest absolute Gasteiger partial charge is 0.486 e. The van der Waals surface area contributed by atoms with Gasteiger partial charge in [0.15, 0.2) is 17.6 Å². The van der Waals surface area contributed by atoms with Gasteiger partial charge < -0.3 is 24.6 Å². The van der Waals surface area contributed by atoms with E-state index in [-0.39, 0.29) is 18.0 Å². The number of para-hydroxylation sites is 2. The van der Waals surface area contributed by atoms with Crippen molar-refractivity contribution in [3.63, 3.8) is 0 Å². The van der Waals surface area contributed by atoms with E-state index in [1.165, 1.54) is 4.90 Å². The Balaban J connectivity index is 1.39. The first-order valence-corrected chi connectivity index (χ1v) is 9.89. The van der Waals surface area contributed by atoms with E-state index in [2.05, 4.69) is 5.32 Å². The van der Waals surface area contributed by atoms with Crippen LogP contribution in [0, 0.1) is 0 Å². The van der Waals surface area contributed by atoms with Crippen LogP contribution >= 0.6 is 11.6 Å². The van der Waals surface area contributed by atoms with Gasteiger partial charge in [0.25, 0.3) is 0 Å². The monoisotopic (exact) mass is 415 g/mol. The van der Waals surface area contributed by atoms with Gasteiger partial charge in [-0.2, -0.15) is 0 Å². The lowest BCUT2D eigenvalue weighted by Crippen LogP contribution is -2.43. The SMILES string of the molecule is CN(CC1COc2ccccc2O1)C(=O)Nc1cc(N2CCCC2=O)ccc1Cl.